The van der Waals surface area contributed by atoms with Crippen LogP contribution in [0.5, 0.6) is 5.75 Å². The number of nitrogens with one attached hydrogen (secondary N) is 1. The topological polar surface area (TPSA) is 92.5 Å². The van der Waals surface area contributed by atoms with E-state index in [2.05, 4.69) is 5.32 Å². The van der Waals surface area contributed by atoms with Gasteiger partial charge in [0, 0.05) is 23.4 Å². The van der Waals surface area contributed by atoms with Crippen molar-refractivity contribution in [2.45, 2.75) is 18.1 Å². The van der Waals surface area contributed by atoms with Crippen LogP contribution in [0.4, 0.5) is 5.69 Å². The van der Waals surface area contributed by atoms with Gasteiger partial charge < -0.3 is 10.4 Å². The van der Waals surface area contributed by atoms with Crippen molar-refractivity contribution in [3.8, 4) is 5.75 Å². The van der Waals surface area contributed by atoms with Crippen LogP contribution < -0.4 is 5.32 Å². The van der Waals surface area contributed by atoms with E-state index in [-0.39, 0.29) is 11.5 Å². The minimum absolute atomic E-state index is 0.228. The van der Waals surface area contributed by atoms with Gasteiger partial charge in [-0.2, -0.15) is 11.8 Å². The summed E-state index contributed by atoms with van der Waals surface area (Å²) in [5.74, 6) is 0.310. The smallest absolute Gasteiger partial charge is 0.310 e. The molecule has 1 fully saturated rings. The summed E-state index contributed by atoms with van der Waals surface area (Å²) in [5.41, 5.74) is -0.172. The zero-order valence-corrected chi connectivity index (χ0v) is 11.0. The lowest BCUT2D eigenvalue weighted by molar-refractivity contribution is -0.385. The van der Waals surface area contributed by atoms with Crippen molar-refractivity contribution in [1.29, 1.82) is 0 Å². The molecule has 1 aliphatic rings. The zero-order valence-electron chi connectivity index (χ0n) is 10.2. The maximum atomic E-state index is 11.8. The number of benzene rings is 1. The fraction of sp³-hybridized carbons (Fsp3) is 0.417. The molecular formula is C12H14N2O4S. The summed E-state index contributed by atoms with van der Waals surface area (Å²) in [7, 11) is 0. The van der Waals surface area contributed by atoms with E-state index < -0.39 is 16.4 Å². The van der Waals surface area contributed by atoms with Crippen LogP contribution in [-0.2, 0) is 0 Å². The van der Waals surface area contributed by atoms with Crippen molar-refractivity contribution in [3.05, 3.63) is 33.9 Å². The van der Waals surface area contributed by atoms with Crippen molar-refractivity contribution >= 4 is 23.4 Å². The maximum absolute atomic E-state index is 11.8. The lowest BCUT2D eigenvalue weighted by Gasteiger charge is -2.10. The molecule has 0 radical (unpaired) electrons. The summed E-state index contributed by atoms with van der Waals surface area (Å²) in [6.07, 6.45) is 2.26. The largest absolute Gasteiger partial charge is 0.502 e. The molecule has 1 heterocycles. The number of hydrogen-bond donors (Lipinski definition) is 2. The van der Waals surface area contributed by atoms with Crippen LogP contribution in [0.15, 0.2) is 18.2 Å². The number of aromatic hydroxyl groups is 1. The summed E-state index contributed by atoms with van der Waals surface area (Å²) in [5, 5.41) is 23.2. The summed E-state index contributed by atoms with van der Waals surface area (Å²) < 4.78 is 0. The number of carbonyl (C=O) groups is 1. The molecule has 0 saturated carbocycles. The molecule has 19 heavy (non-hydrogen) atoms. The van der Waals surface area contributed by atoms with Crippen LogP contribution in [0.25, 0.3) is 0 Å². The number of nitro benzene ring substituents is 1. The van der Waals surface area contributed by atoms with E-state index in [1.165, 1.54) is 12.5 Å². The van der Waals surface area contributed by atoms with Crippen LogP contribution in [0, 0.1) is 10.1 Å². The minimum atomic E-state index is -0.688. The molecule has 0 spiro atoms. The summed E-state index contributed by atoms with van der Waals surface area (Å²) >= 11 is 1.84. The van der Waals surface area contributed by atoms with E-state index in [1.807, 2.05) is 11.8 Å². The molecule has 102 valence electrons. The van der Waals surface area contributed by atoms with Crippen LogP contribution in [0.2, 0.25) is 0 Å². The monoisotopic (exact) mass is 282 g/mol. The lowest BCUT2D eigenvalue weighted by Crippen LogP contribution is -2.29. The van der Waals surface area contributed by atoms with Crippen LogP contribution in [0.3, 0.4) is 0 Å². The first-order valence-electron chi connectivity index (χ1n) is 5.95. The molecule has 1 aliphatic heterocycles. The molecule has 0 aliphatic carbocycles. The molecule has 1 amide bonds. The first-order valence-corrected chi connectivity index (χ1v) is 7.00. The maximum Gasteiger partial charge on any atom is 0.310 e. The van der Waals surface area contributed by atoms with E-state index in [1.54, 1.807) is 0 Å². The first kappa shape index (κ1) is 13.7. The van der Waals surface area contributed by atoms with Gasteiger partial charge in [-0.3, -0.25) is 14.9 Å². The quantitative estimate of drug-likeness (QED) is 0.650. The Hall–Kier alpha value is -1.76. The molecule has 1 atom stereocenters. The molecule has 0 bridgehead atoms. The lowest BCUT2D eigenvalue weighted by atomic mass is 10.1. The number of nitro groups is 1. The fourth-order valence-corrected chi connectivity index (χ4v) is 3.13. The van der Waals surface area contributed by atoms with Crippen LogP contribution >= 0.6 is 11.8 Å². The van der Waals surface area contributed by atoms with Gasteiger partial charge in [0.05, 0.1) is 4.92 Å². The van der Waals surface area contributed by atoms with Crippen LogP contribution in [0.1, 0.15) is 23.2 Å². The Balaban J connectivity index is 1.98. The highest BCUT2D eigenvalue weighted by atomic mass is 32.2. The SMILES string of the molecule is O=C(NCC1CCCS1)c1ccc([N+](=O)[O-])c(O)c1. The first-order chi connectivity index (χ1) is 9.08. The summed E-state index contributed by atoms with van der Waals surface area (Å²) in [4.78, 5) is 21.7. The molecule has 1 aromatic carbocycles. The van der Waals surface area contributed by atoms with Crippen molar-refractivity contribution < 1.29 is 14.8 Å². The number of rotatable bonds is 4. The summed E-state index contributed by atoms with van der Waals surface area (Å²) in [6, 6.07) is 3.60. The van der Waals surface area contributed by atoms with Gasteiger partial charge in [0.25, 0.3) is 5.91 Å². The molecule has 2 rings (SSSR count). The number of phenolic OH excluding ortho intramolecular Hbond substituents is 1. The predicted molar refractivity (Wildman–Crippen MR) is 72.6 cm³/mol. The van der Waals surface area contributed by atoms with Crippen LogP contribution in [-0.4, -0.2) is 33.5 Å². The molecule has 7 heteroatoms. The second kappa shape index (κ2) is 5.92. The van der Waals surface area contributed by atoms with Gasteiger partial charge in [-0.15, -0.1) is 0 Å². The van der Waals surface area contributed by atoms with E-state index >= 15 is 0 Å². The number of hydrogen-bond acceptors (Lipinski definition) is 5. The number of phenols is 1. The van der Waals surface area contributed by atoms with Gasteiger partial charge in [0.2, 0.25) is 0 Å². The van der Waals surface area contributed by atoms with Gasteiger partial charge in [-0.25, -0.2) is 0 Å². The van der Waals surface area contributed by atoms with Gasteiger partial charge >= 0.3 is 5.69 Å². The number of nitrogens with zero attached hydrogens (tertiary/aromatic N) is 1. The predicted octanol–water partition coefficient (Wildman–Crippen LogP) is 1.93. The van der Waals surface area contributed by atoms with Gasteiger partial charge in [0.15, 0.2) is 5.75 Å². The molecule has 0 aromatic heterocycles. The second-order valence-corrected chi connectivity index (χ2v) is 5.71. The van der Waals surface area contributed by atoms with Gasteiger partial charge in [-0.1, -0.05) is 0 Å². The van der Waals surface area contributed by atoms with E-state index in [0.29, 0.717) is 11.8 Å². The Morgan fingerprint density at radius 1 is 1.58 bits per heavy atom. The zero-order chi connectivity index (χ0) is 13.8. The third kappa shape index (κ3) is 3.37. The van der Waals surface area contributed by atoms with E-state index in [9.17, 15) is 20.0 Å². The molecule has 1 unspecified atom stereocenters. The van der Waals surface area contributed by atoms with Crippen molar-refractivity contribution in [2.24, 2.45) is 0 Å². The highest BCUT2D eigenvalue weighted by Crippen LogP contribution is 2.27. The molecule has 6 nitrogen and oxygen atoms in total. The van der Waals surface area contributed by atoms with E-state index in [0.717, 1.165) is 24.3 Å². The minimum Gasteiger partial charge on any atom is -0.502 e. The molecule has 1 aromatic rings. The third-order valence-electron chi connectivity index (χ3n) is 2.95. The average molecular weight is 282 g/mol. The standard InChI is InChI=1S/C12H14N2O4S/c15-11-6-8(3-4-10(11)14(17)18)12(16)13-7-9-2-1-5-19-9/h3-4,6,9,15H,1-2,5,7H2,(H,13,16). The highest BCUT2D eigenvalue weighted by molar-refractivity contribution is 8.00. The van der Waals surface area contributed by atoms with E-state index in [4.69, 9.17) is 0 Å². The Morgan fingerprint density at radius 2 is 2.37 bits per heavy atom. The van der Waals surface area contributed by atoms with Crippen molar-refractivity contribution in [1.82, 2.24) is 5.32 Å². The summed E-state index contributed by atoms with van der Waals surface area (Å²) in [6.45, 7) is 0.585. The Morgan fingerprint density at radius 3 is 2.95 bits per heavy atom. The Bertz CT molecular complexity index is 501. The Kier molecular flexibility index (Phi) is 4.26. The molecule has 2 N–H and O–H groups in total. The van der Waals surface area contributed by atoms with Crippen molar-refractivity contribution in [2.75, 3.05) is 12.3 Å². The van der Waals surface area contributed by atoms with Gasteiger partial charge in [0.1, 0.15) is 0 Å². The number of carbonyl (C=O) groups excluding carboxylic acids is 1. The Labute approximate surface area is 114 Å². The third-order valence-corrected chi connectivity index (χ3v) is 4.35. The van der Waals surface area contributed by atoms with Crippen molar-refractivity contribution in [3.63, 3.8) is 0 Å². The fourth-order valence-electron chi connectivity index (χ4n) is 1.93. The number of amides is 1. The molecular weight excluding hydrogens is 268 g/mol. The highest BCUT2D eigenvalue weighted by Gasteiger charge is 2.18. The normalized spacial score (nSPS) is 18.2. The number of thioether (sulfide) groups is 1. The average Bonchev–Trinajstić information content (AvgIpc) is 2.88. The molecule has 1 saturated heterocycles. The van der Waals surface area contributed by atoms with Gasteiger partial charge in [-0.05, 0) is 30.7 Å². The second-order valence-electron chi connectivity index (χ2n) is 4.31.